The number of aromatic nitrogens is 1. The molecule has 1 aliphatic rings. The summed E-state index contributed by atoms with van der Waals surface area (Å²) in [4.78, 5) is 4.51. The number of nitrogens with one attached hydrogen (secondary N) is 1. The maximum Gasteiger partial charge on any atom is 0.150 e. The summed E-state index contributed by atoms with van der Waals surface area (Å²) in [6.07, 6.45) is 0.734. The molecule has 2 heterocycles. The first-order valence-corrected chi connectivity index (χ1v) is 9.06. The summed E-state index contributed by atoms with van der Waals surface area (Å²) in [5.41, 5.74) is 3.12. The maximum atomic E-state index is 11.7. The highest BCUT2D eigenvalue weighted by atomic mass is 32.2. The summed E-state index contributed by atoms with van der Waals surface area (Å²) in [5, 5.41) is 4.39. The molecule has 1 fully saturated rings. The SMILES string of the molecule is CNC(c1ccc2nc(C)ccc2c1)C1CCS(=O)(=O)C1. The number of sulfone groups is 1. The molecule has 4 nitrogen and oxygen atoms in total. The second kappa shape index (κ2) is 5.39. The van der Waals surface area contributed by atoms with Crippen molar-refractivity contribution < 1.29 is 8.42 Å². The standard InChI is InChI=1S/C16H20N2O2S/c1-11-3-4-12-9-13(5-6-15(12)18-11)16(17-2)14-7-8-21(19,20)10-14/h3-6,9,14,16-17H,7-8,10H2,1-2H3. The van der Waals surface area contributed by atoms with Gasteiger partial charge in [-0.05, 0) is 50.1 Å². The van der Waals surface area contributed by atoms with E-state index in [0.29, 0.717) is 5.75 Å². The van der Waals surface area contributed by atoms with Gasteiger partial charge in [0, 0.05) is 17.1 Å². The fourth-order valence-electron chi connectivity index (χ4n) is 3.20. The number of hydrogen-bond donors (Lipinski definition) is 1. The van der Waals surface area contributed by atoms with Crippen LogP contribution in [0.4, 0.5) is 0 Å². The zero-order valence-electron chi connectivity index (χ0n) is 12.3. The topological polar surface area (TPSA) is 59.1 Å². The molecule has 3 rings (SSSR count). The average Bonchev–Trinajstić information content (AvgIpc) is 2.80. The molecular weight excluding hydrogens is 284 g/mol. The molecule has 1 N–H and O–H groups in total. The van der Waals surface area contributed by atoms with Crippen molar-refractivity contribution >= 4 is 20.7 Å². The highest BCUT2D eigenvalue weighted by Crippen LogP contribution is 2.32. The van der Waals surface area contributed by atoms with Gasteiger partial charge in [-0.3, -0.25) is 4.98 Å². The van der Waals surface area contributed by atoms with Crippen LogP contribution in [0.5, 0.6) is 0 Å². The molecular formula is C16H20N2O2S. The number of rotatable bonds is 3. The van der Waals surface area contributed by atoms with Crippen LogP contribution in [0.2, 0.25) is 0 Å². The van der Waals surface area contributed by atoms with Crippen molar-refractivity contribution in [3.63, 3.8) is 0 Å². The van der Waals surface area contributed by atoms with Crippen LogP contribution in [0.3, 0.4) is 0 Å². The summed E-state index contributed by atoms with van der Waals surface area (Å²) < 4.78 is 23.4. The van der Waals surface area contributed by atoms with Gasteiger partial charge in [0.1, 0.15) is 0 Å². The van der Waals surface area contributed by atoms with E-state index in [4.69, 9.17) is 0 Å². The van der Waals surface area contributed by atoms with Crippen LogP contribution in [-0.4, -0.2) is 32.0 Å². The third-order valence-corrected chi connectivity index (χ3v) is 6.06. The molecule has 0 amide bonds. The van der Waals surface area contributed by atoms with Gasteiger partial charge in [0.2, 0.25) is 0 Å². The first-order chi connectivity index (χ1) is 9.98. The fourth-order valence-corrected chi connectivity index (χ4v) is 5.04. The quantitative estimate of drug-likeness (QED) is 0.945. The molecule has 0 radical (unpaired) electrons. The molecule has 21 heavy (non-hydrogen) atoms. The highest BCUT2D eigenvalue weighted by molar-refractivity contribution is 7.91. The molecule has 5 heteroatoms. The Hall–Kier alpha value is -1.46. The lowest BCUT2D eigenvalue weighted by atomic mass is 9.92. The smallest absolute Gasteiger partial charge is 0.150 e. The number of aryl methyl sites for hydroxylation is 1. The number of benzene rings is 1. The van der Waals surface area contributed by atoms with Crippen molar-refractivity contribution in [2.24, 2.45) is 5.92 Å². The van der Waals surface area contributed by atoms with Crippen molar-refractivity contribution in [3.05, 3.63) is 41.6 Å². The second-order valence-electron chi connectivity index (χ2n) is 5.83. The Bertz CT molecular complexity index is 771. The molecule has 2 unspecified atom stereocenters. The summed E-state index contributed by atoms with van der Waals surface area (Å²) in [6.45, 7) is 1.98. The van der Waals surface area contributed by atoms with Gasteiger partial charge in [0.15, 0.2) is 9.84 Å². The summed E-state index contributed by atoms with van der Waals surface area (Å²) in [7, 11) is -0.963. The molecule has 1 saturated heterocycles. The lowest BCUT2D eigenvalue weighted by Gasteiger charge is -2.22. The van der Waals surface area contributed by atoms with Crippen molar-refractivity contribution in [1.82, 2.24) is 10.3 Å². The van der Waals surface area contributed by atoms with E-state index < -0.39 is 9.84 Å². The van der Waals surface area contributed by atoms with Gasteiger partial charge in [-0.25, -0.2) is 8.42 Å². The molecule has 1 aliphatic heterocycles. The van der Waals surface area contributed by atoms with E-state index in [9.17, 15) is 8.42 Å². The maximum absolute atomic E-state index is 11.7. The minimum absolute atomic E-state index is 0.0768. The van der Waals surface area contributed by atoms with Gasteiger partial charge in [-0.2, -0.15) is 0 Å². The van der Waals surface area contributed by atoms with Crippen molar-refractivity contribution in [2.45, 2.75) is 19.4 Å². The Morgan fingerprint density at radius 3 is 2.76 bits per heavy atom. The molecule has 0 bridgehead atoms. The normalized spacial score (nSPS) is 22.5. The second-order valence-corrected chi connectivity index (χ2v) is 8.06. The predicted molar refractivity (Wildman–Crippen MR) is 85.0 cm³/mol. The summed E-state index contributed by atoms with van der Waals surface area (Å²) in [5.74, 6) is 0.739. The van der Waals surface area contributed by atoms with Crippen LogP contribution >= 0.6 is 0 Å². The van der Waals surface area contributed by atoms with Crippen LogP contribution in [0.15, 0.2) is 30.3 Å². The Balaban J connectivity index is 1.96. The van der Waals surface area contributed by atoms with Gasteiger partial charge in [0.05, 0.1) is 17.0 Å². The molecule has 1 aromatic carbocycles. The fraction of sp³-hybridized carbons (Fsp3) is 0.438. The van der Waals surface area contributed by atoms with E-state index in [1.54, 1.807) is 0 Å². The van der Waals surface area contributed by atoms with Crippen LogP contribution in [0.25, 0.3) is 10.9 Å². The number of nitrogens with zero attached hydrogens (tertiary/aromatic N) is 1. The number of hydrogen-bond acceptors (Lipinski definition) is 4. The van der Waals surface area contributed by atoms with Gasteiger partial charge in [0.25, 0.3) is 0 Å². The van der Waals surface area contributed by atoms with Gasteiger partial charge < -0.3 is 5.32 Å². The Morgan fingerprint density at radius 1 is 1.29 bits per heavy atom. The predicted octanol–water partition coefficient (Wildman–Crippen LogP) is 2.24. The number of pyridine rings is 1. The zero-order valence-corrected chi connectivity index (χ0v) is 13.2. The number of fused-ring (bicyclic) bond motifs is 1. The Kier molecular flexibility index (Phi) is 3.71. The van der Waals surface area contributed by atoms with Crippen LogP contribution in [-0.2, 0) is 9.84 Å². The lowest BCUT2D eigenvalue weighted by molar-refractivity contribution is 0.419. The molecule has 0 spiro atoms. The largest absolute Gasteiger partial charge is 0.313 e. The van der Waals surface area contributed by atoms with Crippen LogP contribution < -0.4 is 5.32 Å². The minimum Gasteiger partial charge on any atom is -0.313 e. The zero-order chi connectivity index (χ0) is 15.0. The van der Waals surface area contributed by atoms with Crippen LogP contribution in [0, 0.1) is 12.8 Å². The van der Waals surface area contributed by atoms with E-state index in [1.165, 1.54) is 0 Å². The van der Waals surface area contributed by atoms with Crippen molar-refractivity contribution in [1.29, 1.82) is 0 Å². The molecule has 1 aromatic heterocycles. The lowest BCUT2D eigenvalue weighted by Crippen LogP contribution is -2.26. The molecule has 2 atom stereocenters. The summed E-state index contributed by atoms with van der Waals surface area (Å²) >= 11 is 0. The summed E-state index contributed by atoms with van der Waals surface area (Å²) in [6, 6.07) is 10.3. The van der Waals surface area contributed by atoms with E-state index in [2.05, 4.69) is 28.5 Å². The molecule has 2 aromatic rings. The molecule has 0 saturated carbocycles. The van der Waals surface area contributed by atoms with E-state index in [1.807, 2.05) is 26.1 Å². The van der Waals surface area contributed by atoms with Gasteiger partial charge >= 0.3 is 0 Å². The van der Waals surface area contributed by atoms with E-state index in [-0.39, 0.29) is 17.7 Å². The van der Waals surface area contributed by atoms with Crippen molar-refractivity contribution in [3.8, 4) is 0 Å². The monoisotopic (exact) mass is 304 g/mol. The first kappa shape index (κ1) is 14.5. The highest BCUT2D eigenvalue weighted by Gasteiger charge is 2.33. The molecule has 0 aliphatic carbocycles. The van der Waals surface area contributed by atoms with E-state index >= 15 is 0 Å². The van der Waals surface area contributed by atoms with Crippen LogP contribution in [0.1, 0.15) is 23.7 Å². The minimum atomic E-state index is -2.86. The van der Waals surface area contributed by atoms with E-state index in [0.717, 1.165) is 28.6 Å². The third-order valence-electron chi connectivity index (χ3n) is 4.26. The van der Waals surface area contributed by atoms with Gasteiger partial charge in [-0.15, -0.1) is 0 Å². The molecule has 112 valence electrons. The Labute approximate surface area is 125 Å². The Morgan fingerprint density at radius 2 is 2.10 bits per heavy atom. The third kappa shape index (κ3) is 2.94. The first-order valence-electron chi connectivity index (χ1n) is 7.23. The van der Waals surface area contributed by atoms with Gasteiger partial charge in [-0.1, -0.05) is 12.1 Å². The average molecular weight is 304 g/mol. The van der Waals surface area contributed by atoms with Crippen molar-refractivity contribution in [2.75, 3.05) is 18.6 Å².